The first-order valence-corrected chi connectivity index (χ1v) is 7.22. The van der Waals surface area contributed by atoms with Crippen LogP contribution in [0.3, 0.4) is 0 Å². The molecule has 0 unspecified atom stereocenters. The van der Waals surface area contributed by atoms with Crippen molar-refractivity contribution in [1.29, 1.82) is 0 Å². The molecular weight excluding hydrogens is 336 g/mol. The molecule has 0 fully saturated rings. The van der Waals surface area contributed by atoms with E-state index in [2.05, 4.69) is 26.3 Å². The highest BCUT2D eigenvalue weighted by Gasteiger charge is 2.14. The number of para-hydroxylation sites is 1. The third-order valence-electron chi connectivity index (χ3n) is 2.95. The zero-order valence-electron chi connectivity index (χ0n) is 11.8. The van der Waals surface area contributed by atoms with Gasteiger partial charge in [-0.05, 0) is 35.0 Å². The van der Waals surface area contributed by atoms with Crippen LogP contribution in [0.4, 0.5) is 5.69 Å². The monoisotopic (exact) mass is 352 g/mol. The molecule has 0 saturated carbocycles. The number of ether oxygens (including phenoxy) is 1. The molecule has 2 rings (SSSR count). The van der Waals surface area contributed by atoms with Gasteiger partial charge in [0.15, 0.2) is 5.75 Å². The number of amides is 1. The normalized spacial score (nSPS) is 12.0. The summed E-state index contributed by atoms with van der Waals surface area (Å²) in [7, 11) is 1.52. The molecule has 0 spiro atoms. The lowest BCUT2D eigenvalue weighted by molar-refractivity contribution is 0.0997. The number of nitrogens with one attached hydrogen (secondary N) is 1. The van der Waals surface area contributed by atoms with E-state index in [1.54, 1.807) is 18.3 Å². The number of aromatic nitrogens is 2. The predicted octanol–water partition coefficient (Wildman–Crippen LogP) is 2.25. The van der Waals surface area contributed by atoms with Crippen molar-refractivity contribution in [2.75, 3.05) is 12.4 Å². The number of halogens is 1. The van der Waals surface area contributed by atoms with E-state index < -0.39 is 5.91 Å². The summed E-state index contributed by atoms with van der Waals surface area (Å²) in [4.78, 5) is 11.4. The van der Waals surface area contributed by atoms with Gasteiger partial charge in [-0.2, -0.15) is 5.10 Å². The van der Waals surface area contributed by atoms with Crippen LogP contribution >= 0.6 is 15.9 Å². The number of anilines is 1. The van der Waals surface area contributed by atoms with Gasteiger partial charge < -0.3 is 15.8 Å². The number of benzene rings is 1. The Kier molecular flexibility index (Phi) is 4.85. The van der Waals surface area contributed by atoms with Gasteiger partial charge in [-0.15, -0.1) is 0 Å². The molecule has 7 heteroatoms. The molecule has 21 heavy (non-hydrogen) atoms. The minimum Gasteiger partial charge on any atom is -0.494 e. The molecule has 0 aliphatic heterocycles. The maximum absolute atomic E-state index is 11.4. The zero-order chi connectivity index (χ0) is 15.4. The van der Waals surface area contributed by atoms with Gasteiger partial charge >= 0.3 is 0 Å². The third kappa shape index (κ3) is 3.75. The maximum atomic E-state index is 11.4. The number of carbonyl (C=O) groups is 1. The molecule has 6 nitrogen and oxygen atoms in total. The van der Waals surface area contributed by atoms with E-state index in [1.165, 1.54) is 7.11 Å². The average molecular weight is 353 g/mol. The van der Waals surface area contributed by atoms with Crippen molar-refractivity contribution in [2.45, 2.75) is 19.5 Å². The summed E-state index contributed by atoms with van der Waals surface area (Å²) in [6, 6.07) is 5.35. The molecule has 1 amide bonds. The van der Waals surface area contributed by atoms with E-state index in [-0.39, 0.29) is 6.04 Å². The van der Waals surface area contributed by atoms with Gasteiger partial charge in [-0.25, -0.2) is 0 Å². The Morgan fingerprint density at radius 2 is 2.33 bits per heavy atom. The number of rotatable bonds is 6. The molecule has 3 N–H and O–H groups in total. The first kappa shape index (κ1) is 15.4. The van der Waals surface area contributed by atoms with Crippen LogP contribution < -0.4 is 15.8 Å². The zero-order valence-corrected chi connectivity index (χ0v) is 13.4. The Labute approximate surface area is 131 Å². The van der Waals surface area contributed by atoms with E-state index in [4.69, 9.17) is 10.5 Å². The Morgan fingerprint density at radius 1 is 1.57 bits per heavy atom. The number of nitrogens with two attached hydrogens (primary N) is 1. The summed E-state index contributed by atoms with van der Waals surface area (Å²) < 4.78 is 8.06. The quantitative estimate of drug-likeness (QED) is 0.835. The lowest BCUT2D eigenvalue weighted by Gasteiger charge is -2.18. The van der Waals surface area contributed by atoms with Crippen LogP contribution in [0.15, 0.2) is 35.1 Å². The molecule has 112 valence electrons. The van der Waals surface area contributed by atoms with Crippen molar-refractivity contribution >= 4 is 27.5 Å². The van der Waals surface area contributed by atoms with E-state index >= 15 is 0 Å². The standard InChI is InChI=1S/C14H17BrN4O2/c1-9(7-19-8-10(15)6-17-19)18-12-5-3-4-11(14(16)20)13(12)21-2/h3-6,8-9,18H,7H2,1-2H3,(H2,16,20)/t9-/m0/s1. The van der Waals surface area contributed by atoms with E-state index in [0.717, 1.165) is 10.2 Å². The lowest BCUT2D eigenvalue weighted by Crippen LogP contribution is -2.23. The number of hydrogen-bond acceptors (Lipinski definition) is 4. The highest BCUT2D eigenvalue weighted by atomic mass is 79.9. The first-order chi connectivity index (χ1) is 10.0. The van der Waals surface area contributed by atoms with E-state index in [0.29, 0.717) is 17.9 Å². The summed E-state index contributed by atoms with van der Waals surface area (Å²) in [6.07, 6.45) is 3.64. The number of methoxy groups -OCH3 is 1. The summed E-state index contributed by atoms with van der Waals surface area (Å²) in [5, 5.41) is 7.52. The highest BCUT2D eigenvalue weighted by molar-refractivity contribution is 9.10. The second kappa shape index (κ2) is 6.62. The van der Waals surface area contributed by atoms with Gasteiger partial charge in [0, 0.05) is 12.2 Å². The predicted molar refractivity (Wildman–Crippen MR) is 84.5 cm³/mol. The van der Waals surface area contributed by atoms with Gasteiger partial charge in [-0.3, -0.25) is 9.48 Å². The molecule has 0 saturated heterocycles. The minimum atomic E-state index is -0.515. The van der Waals surface area contributed by atoms with Crippen molar-refractivity contribution in [3.8, 4) is 5.75 Å². The van der Waals surface area contributed by atoms with E-state index in [1.807, 2.05) is 23.9 Å². The molecule has 2 aromatic rings. The fourth-order valence-corrected chi connectivity index (χ4v) is 2.42. The van der Waals surface area contributed by atoms with Crippen molar-refractivity contribution in [2.24, 2.45) is 5.73 Å². The molecule has 0 aliphatic carbocycles. The Hall–Kier alpha value is -2.02. The number of hydrogen-bond donors (Lipinski definition) is 2. The second-order valence-electron chi connectivity index (χ2n) is 4.68. The van der Waals surface area contributed by atoms with Crippen LogP contribution in [0.25, 0.3) is 0 Å². The molecule has 0 radical (unpaired) electrons. The fourth-order valence-electron chi connectivity index (χ4n) is 2.09. The average Bonchev–Trinajstić information content (AvgIpc) is 2.83. The van der Waals surface area contributed by atoms with Crippen LogP contribution in [0, 0.1) is 0 Å². The second-order valence-corrected chi connectivity index (χ2v) is 5.59. The Bertz CT molecular complexity index is 642. The SMILES string of the molecule is COc1c(N[C@@H](C)Cn2cc(Br)cn2)cccc1C(N)=O. The van der Waals surface area contributed by atoms with Gasteiger partial charge in [0.2, 0.25) is 0 Å². The van der Waals surface area contributed by atoms with Gasteiger partial charge in [0.05, 0.1) is 35.6 Å². The number of nitrogens with zero attached hydrogens (tertiary/aromatic N) is 2. The van der Waals surface area contributed by atoms with Crippen LogP contribution in [0.2, 0.25) is 0 Å². The maximum Gasteiger partial charge on any atom is 0.252 e. The largest absolute Gasteiger partial charge is 0.494 e. The molecule has 1 atom stereocenters. The summed E-state index contributed by atoms with van der Waals surface area (Å²) in [5.74, 6) is -0.0577. The summed E-state index contributed by atoms with van der Waals surface area (Å²) in [6.45, 7) is 2.70. The van der Waals surface area contributed by atoms with Gasteiger partial charge in [0.25, 0.3) is 5.91 Å². The molecule has 1 heterocycles. The first-order valence-electron chi connectivity index (χ1n) is 6.42. The number of carbonyl (C=O) groups excluding carboxylic acids is 1. The molecule has 0 aliphatic rings. The Morgan fingerprint density at radius 3 is 2.90 bits per heavy atom. The third-order valence-corrected chi connectivity index (χ3v) is 3.36. The van der Waals surface area contributed by atoms with Crippen molar-refractivity contribution in [3.05, 3.63) is 40.6 Å². The van der Waals surface area contributed by atoms with Crippen LogP contribution in [0.1, 0.15) is 17.3 Å². The summed E-state index contributed by atoms with van der Waals surface area (Å²) >= 11 is 3.36. The molecular formula is C14H17BrN4O2. The molecule has 1 aromatic heterocycles. The van der Waals surface area contributed by atoms with Crippen molar-refractivity contribution in [1.82, 2.24) is 9.78 Å². The molecule has 1 aromatic carbocycles. The van der Waals surface area contributed by atoms with Crippen LogP contribution in [-0.4, -0.2) is 28.8 Å². The van der Waals surface area contributed by atoms with Crippen LogP contribution in [0.5, 0.6) is 5.75 Å². The van der Waals surface area contributed by atoms with Gasteiger partial charge in [-0.1, -0.05) is 6.07 Å². The molecule has 0 bridgehead atoms. The number of primary amides is 1. The lowest BCUT2D eigenvalue weighted by atomic mass is 10.1. The van der Waals surface area contributed by atoms with Crippen molar-refractivity contribution in [3.63, 3.8) is 0 Å². The Balaban J connectivity index is 2.15. The van der Waals surface area contributed by atoms with E-state index in [9.17, 15) is 4.79 Å². The highest BCUT2D eigenvalue weighted by Crippen LogP contribution is 2.29. The fraction of sp³-hybridized carbons (Fsp3) is 0.286. The van der Waals surface area contributed by atoms with Gasteiger partial charge in [0.1, 0.15) is 0 Å². The topological polar surface area (TPSA) is 82.2 Å². The summed E-state index contributed by atoms with van der Waals surface area (Å²) in [5.41, 5.74) is 6.44. The minimum absolute atomic E-state index is 0.0915. The smallest absolute Gasteiger partial charge is 0.252 e. The van der Waals surface area contributed by atoms with Crippen molar-refractivity contribution < 1.29 is 9.53 Å². The van der Waals surface area contributed by atoms with Crippen LogP contribution in [-0.2, 0) is 6.54 Å².